The first-order valence-corrected chi connectivity index (χ1v) is 7.57. The summed E-state index contributed by atoms with van der Waals surface area (Å²) in [7, 11) is -3.82. The first-order chi connectivity index (χ1) is 9.37. The molecule has 0 unspecified atom stereocenters. The molecular weight excluding hydrogens is 284 g/mol. The van der Waals surface area contributed by atoms with E-state index in [2.05, 4.69) is 0 Å². The van der Waals surface area contributed by atoms with Gasteiger partial charge in [-0.05, 0) is 31.0 Å². The van der Waals surface area contributed by atoms with E-state index in [0.29, 0.717) is 0 Å². The Hall–Kier alpha value is -1.64. The van der Waals surface area contributed by atoms with Crippen molar-refractivity contribution in [3.63, 3.8) is 0 Å². The normalized spacial score (nSPS) is 15.5. The summed E-state index contributed by atoms with van der Waals surface area (Å²) in [5.74, 6) is -1.17. The van der Waals surface area contributed by atoms with Crippen molar-refractivity contribution in [2.45, 2.75) is 23.8 Å². The van der Waals surface area contributed by atoms with Gasteiger partial charge in [0.25, 0.3) is 0 Å². The Bertz CT molecular complexity index is 625. The Labute approximate surface area is 116 Å². The summed E-state index contributed by atoms with van der Waals surface area (Å²) in [6.07, 6.45) is 1.51. The molecule has 1 saturated carbocycles. The van der Waals surface area contributed by atoms with Crippen LogP contribution in [-0.2, 0) is 10.0 Å². The van der Waals surface area contributed by atoms with E-state index in [1.807, 2.05) is 0 Å². The second-order valence-electron chi connectivity index (χ2n) is 4.63. The third kappa shape index (κ3) is 2.77. The van der Waals surface area contributed by atoms with Crippen LogP contribution in [0, 0.1) is 0 Å². The number of anilines is 1. The van der Waals surface area contributed by atoms with Gasteiger partial charge in [-0.1, -0.05) is 0 Å². The number of carboxylic acids is 1. The standard InChI is InChI=1S/C12H16N2O5S/c13-10-7-8(12(16)17)1-4-11(10)20(18,19)14(5-6-15)9-2-3-9/h1,4,7,9,15H,2-3,5-6,13H2,(H,16,17). The van der Waals surface area contributed by atoms with Crippen LogP contribution in [0.3, 0.4) is 0 Å². The number of rotatable bonds is 6. The summed E-state index contributed by atoms with van der Waals surface area (Å²) in [5.41, 5.74) is 5.50. The summed E-state index contributed by atoms with van der Waals surface area (Å²) < 4.78 is 26.2. The fourth-order valence-electron chi connectivity index (χ4n) is 2.00. The molecule has 0 amide bonds. The molecule has 0 saturated heterocycles. The number of carboxylic acid groups (broad SMARTS) is 1. The molecule has 0 aliphatic heterocycles. The SMILES string of the molecule is Nc1cc(C(=O)O)ccc1S(=O)(=O)N(CCO)C1CC1. The number of aromatic carboxylic acids is 1. The molecule has 0 spiro atoms. The van der Waals surface area contributed by atoms with Crippen LogP contribution in [0.2, 0.25) is 0 Å². The van der Waals surface area contributed by atoms with Crippen LogP contribution in [-0.4, -0.2) is 48.1 Å². The molecule has 0 aromatic heterocycles. The number of benzene rings is 1. The predicted octanol–water partition coefficient (Wildman–Crippen LogP) is 0.112. The second kappa shape index (κ2) is 5.39. The predicted molar refractivity (Wildman–Crippen MR) is 71.8 cm³/mol. The Morgan fingerprint density at radius 2 is 2.05 bits per heavy atom. The highest BCUT2D eigenvalue weighted by atomic mass is 32.2. The molecule has 0 heterocycles. The fraction of sp³-hybridized carbons (Fsp3) is 0.417. The number of aliphatic hydroxyl groups excluding tert-OH is 1. The van der Waals surface area contributed by atoms with Gasteiger partial charge >= 0.3 is 5.97 Å². The summed E-state index contributed by atoms with van der Waals surface area (Å²) in [5, 5.41) is 17.8. The Kier molecular flexibility index (Phi) is 3.98. The van der Waals surface area contributed by atoms with E-state index >= 15 is 0 Å². The lowest BCUT2D eigenvalue weighted by Gasteiger charge is -2.21. The highest BCUT2D eigenvalue weighted by molar-refractivity contribution is 7.89. The van der Waals surface area contributed by atoms with Crippen molar-refractivity contribution in [2.75, 3.05) is 18.9 Å². The summed E-state index contributed by atoms with van der Waals surface area (Å²) >= 11 is 0. The number of nitrogens with two attached hydrogens (primary N) is 1. The molecule has 8 heteroatoms. The molecule has 110 valence electrons. The zero-order valence-electron chi connectivity index (χ0n) is 10.7. The van der Waals surface area contributed by atoms with Crippen LogP contribution in [0.5, 0.6) is 0 Å². The monoisotopic (exact) mass is 300 g/mol. The smallest absolute Gasteiger partial charge is 0.335 e. The molecule has 2 rings (SSSR count). The quantitative estimate of drug-likeness (QED) is 0.641. The summed E-state index contributed by atoms with van der Waals surface area (Å²) in [6.45, 7) is -0.268. The third-order valence-corrected chi connectivity index (χ3v) is 5.14. The van der Waals surface area contributed by atoms with Crippen molar-refractivity contribution in [1.29, 1.82) is 0 Å². The van der Waals surface area contributed by atoms with Crippen LogP contribution in [0.1, 0.15) is 23.2 Å². The van der Waals surface area contributed by atoms with Crippen molar-refractivity contribution in [2.24, 2.45) is 0 Å². The van der Waals surface area contributed by atoms with Gasteiger partial charge < -0.3 is 15.9 Å². The van der Waals surface area contributed by atoms with Crippen LogP contribution in [0.4, 0.5) is 5.69 Å². The van der Waals surface area contributed by atoms with Gasteiger partial charge in [0.05, 0.1) is 17.9 Å². The molecule has 7 nitrogen and oxygen atoms in total. The number of nitrogen functional groups attached to an aromatic ring is 1. The van der Waals surface area contributed by atoms with Crippen LogP contribution < -0.4 is 5.73 Å². The Morgan fingerprint density at radius 1 is 1.40 bits per heavy atom. The highest BCUT2D eigenvalue weighted by Gasteiger charge is 2.38. The van der Waals surface area contributed by atoms with Gasteiger partial charge in [0.1, 0.15) is 4.90 Å². The number of sulfonamides is 1. The van der Waals surface area contributed by atoms with E-state index in [9.17, 15) is 13.2 Å². The maximum Gasteiger partial charge on any atom is 0.335 e. The van der Waals surface area contributed by atoms with Gasteiger partial charge in [0.2, 0.25) is 10.0 Å². The fourth-order valence-corrected chi connectivity index (χ4v) is 3.78. The van der Waals surface area contributed by atoms with E-state index < -0.39 is 16.0 Å². The molecule has 1 aromatic carbocycles. The highest BCUT2D eigenvalue weighted by Crippen LogP contribution is 2.33. The minimum Gasteiger partial charge on any atom is -0.478 e. The third-order valence-electron chi connectivity index (χ3n) is 3.12. The van der Waals surface area contributed by atoms with Gasteiger partial charge in [0, 0.05) is 12.6 Å². The molecule has 0 bridgehead atoms. The lowest BCUT2D eigenvalue weighted by Crippen LogP contribution is -2.35. The first kappa shape index (κ1) is 14.8. The molecule has 0 atom stereocenters. The second-order valence-corrected chi connectivity index (χ2v) is 6.49. The van der Waals surface area contributed by atoms with Crippen LogP contribution in [0.25, 0.3) is 0 Å². The van der Waals surface area contributed by atoms with Crippen molar-refractivity contribution in [1.82, 2.24) is 4.31 Å². The van der Waals surface area contributed by atoms with Gasteiger partial charge in [-0.25, -0.2) is 13.2 Å². The molecule has 1 aliphatic rings. The Balaban J connectivity index is 2.40. The number of carbonyl (C=O) groups is 1. The van der Waals surface area contributed by atoms with Crippen molar-refractivity contribution < 1.29 is 23.4 Å². The lowest BCUT2D eigenvalue weighted by molar-refractivity contribution is 0.0697. The zero-order valence-corrected chi connectivity index (χ0v) is 11.5. The van der Waals surface area contributed by atoms with E-state index in [4.69, 9.17) is 15.9 Å². The largest absolute Gasteiger partial charge is 0.478 e. The lowest BCUT2D eigenvalue weighted by atomic mass is 10.2. The van der Waals surface area contributed by atoms with E-state index in [1.54, 1.807) is 0 Å². The average molecular weight is 300 g/mol. The molecule has 4 N–H and O–H groups in total. The van der Waals surface area contributed by atoms with Crippen molar-refractivity contribution in [3.05, 3.63) is 23.8 Å². The maximum absolute atomic E-state index is 12.5. The van der Waals surface area contributed by atoms with E-state index in [1.165, 1.54) is 16.4 Å². The molecule has 20 heavy (non-hydrogen) atoms. The Morgan fingerprint density at radius 3 is 2.50 bits per heavy atom. The number of hydrogen-bond donors (Lipinski definition) is 3. The molecule has 1 aromatic rings. The van der Waals surface area contributed by atoms with Crippen molar-refractivity contribution >= 4 is 21.7 Å². The molecule has 0 radical (unpaired) electrons. The van der Waals surface area contributed by atoms with Crippen LogP contribution in [0.15, 0.2) is 23.1 Å². The molecule has 1 fully saturated rings. The molecular formula is C12H16N2O5S. The molecule has 1 aliphatic carbocycles. The summed E-state index contributed by atoms with van der Waals surface area (Å²) in [6, 6.07) is 3.42. The van der Waals surface area contributed by atoms with E-state index in [0.717, 1.165) is 18.9 Å². The van der Waals surface area contributed by atoms with Gasteiger partial charge in [-0.2, -0.15) is 4.31 Å². The van der Waals surface area contributed by atoms with Gasteiger partial charge in [-0.3, -0.25) is 0 Å². The summed E-state index contributed by atoms with van der Waals surface area (Å²) in [4.78, 5) is 10.7. The zero-order chi connectivity index (χ0) is 14.9. The van der Waals surface area contributed by atoms with Gasteiger partial charge in [-0.15, -0.1) is 0 Å². The van der Waals surface area contributed by atoms with Crippen LogP contribution >= 0.6 is 0 Å². The number of nitrogens with zero attached hydrogens (tertiary/aromatic N) is 1. The van der Waals surface area contributed by atoms with Crippen molar-refractivity contribution in [3.8, 4) is 0 Å². The van der Waals surface area contributed by atoms with Gasteiger partial charge in [0.15, 0.2) is 0 Å². The van der Waals surface area contributed by atoms with E-state index in [-0.39, 0.29) is 35.3 Å². The minimum atomic E-state index is -3.82. The number of aliphatic hydroxyl groups is 1. The maximum atomic E-state index is 12.5. The minimum absolute atomic E-state index is 0.00707. The first-order valence-electron chi connectivity index (χ1n) is 6.13. The average Bonchev–Trinajstić information content (AvgIpc) is 3.19. The topological polar surface area (TPSA) is 121 Å². The number of hydrogen-bond acceptors (Lipinski definition) is 5.